The molecule has 0 heterocycles. The van der Waals surface area contributed by atoms with Crippen molar-refractivity contribution >= 4 is 0 Å². The smallest absolute Gasteiger partial charge is 0.132 e. The van der Waals surface area contributed by atoms with Crippen molar-refractivity contribution in [2.24, 2.45) is 5.92 Å². The van der Waals surface area contributed by atoms with Crippen LogP contribution in [0.4, 0.5) is 4.39 Å². The fourth-order valence-electron chi connectivity index (χ4n) is 1.33. The van der Waals surface area contributed by atoms with Gasteiger partial charge in [0.25, 0.3) is 0 Å². The van der Waals surface area contributed by atoms with Gasteiger partial charge in [-0.15, -0.1) is 0 Å². The van der Waals surface area contributed by atoms with E-state index in [0.717, 1.165) is 0 Å². The zero-order chi connectivity index (χ0) is 13.9. The molecule has 0 aromatic heterocycles. The van der Waals surface area contributed by atoms with E-state index in [-0.39, 0.29) is 18.1 Å². The van der Waals surface area contributed by atoms with Crippen LogP contribution in [0.5, 0.6) is 5.75 Å². The predicted molar refractivity (Wildman–Crippen MR) is 68.0 cm³/mol. The molecule has 0 amide bonds. The predicted octanol–water partition coefficient (Wildman–Crippen LogP) is 2.66. The number of aliphatic hydroxyl groups is 2. The lowest BCUT2D eigenvalue weighted by atomic mass is 9.94. The monoisotopic (exact) mass is 256 g/mol. The maximum absolute atomic E-state index is 13.6. The van der Waals surface area contributed by atoms with E-state index in [1.54, 1.807) is 13.0 Å². The van der Waals surface area contributed by atoms with Gasteiger partial charge in [0.05, 0.1) is 11.7 Å². The first kappa shape index (κ1) is 14.9. The van der Waals surface area contributed by atoms with Crippen LogP contribution in [0.1, 0.15) is 39.4 Å². The van der Waals surface area contributed by atoms with Crippen molar-refractivity contribution in [1.82, 2.24) is 0 Å². The maximum Gasteiger partial charge on any atom is 0.132 e. The molecule has 0 saturated heterocycles. The Bertz CT molecular complexity index is 400. The van der Waals surface area contributed by atoms with Crippen LogP contribution in [-0.4, -0.2) is 22.4 Å². The van der Waals surface area contributed by atoms with E-state index < -0.39 is 17.5 Å². The SMILES string of the molecule is CC(C)C(C)(O)COc1ccc([C@H](C)O)c(F)c1. The summed E-state index contributed by atoms with van der Waals surface area (Å²) in [5.74, 6) is -0.122. The molecule has 0 bridgehead atoms. The largest absolute Gasteiger partial charge is 0.490 e. The highest BCUT2D eigenvalue weighted by Crippen LogP contribution is 2.23. The summed E-state index contributed by atoms with van der Waals surface area (Å²) in [6.45, 7) is 7.06. The summed E-state index contributed by atoms with van der Waals surface area (Å²) in [7, 11) is 0. The molecule has 1 unspecified atom stereocenters. The van der Waals surface area contributed by atoms with Gasteiger partial charge in [-0.05, 0) is 31.9 Å². The van der Waals surface area contributed by atoms with Gasteiger partial charge in [0, 0.05) is 11.6 Å². The zero-order valence-electron chi connectivity index (χ0n) is 11.3. The highest BCUT2D eigenvalue weighted by Gasteiger charge is 2.25. The fourth-order valence-corrected chi connectivity index (χ4v) is 1.33. The van der Waals surface area contributed by atoms with Gasteiger partial charge in [-0.3, -0.25) is 0 Å². The standard InChI is InChI=1S/C14H21FO3/c1-9(2)14(4,17)8-18-11-5-6-12(10(3)16)13(15)7-11/h5-7,9-10,16-17H,8H2,1-4H3/t10-,14?/m0/s1. The lowest BCUT2D eigenvalue weighted by Gasteiger charge is -2.27. The van der Waals surface area contributed by atoms with Crippen molar-refractivity contribution < 1.29 is 19.3 Å². The molecule has 0 aliphatic heterocycles. The molecule has 0 fully saturated rings. The minimum Gasteiger partial charge on any atom is -0.490 e. The van der Waals surface area contributed by atoms with Crippen molar-refractivity contribution in [2.45, 2.75) is 39.4 Å². The molecule has 2 atom stereocenters. The summed E-state index contributed by atoms with van der Waals surface area (Å²) in [5, 5.41) is 19.3. The molecule has 1 aromatic rings. The summed E-state index contributed by atoms with van der Waals surface area (Å²) >= 11 is 0. The van der Waals surface area contributed by atoms with Gasteiger partial charge in [-0.2, -0.15) is 0 Å². The van der Waals surface area contributed by atoms with E-state index >= 15 is 0 Å². The van der Waals surface area contributed by atoms with Gasteiger partial charge in [0.2, 0.25) is 0 Å². The number of ether oxygens (including phenoxy) is 1. The number of benzene rings is 1. The van der Waals surface area contributed by atoms with Crippen molar-refractivity contribution in [3.63, 3.8) is 0 Å². The first-order chi connectivity index (χ1) is 8.24. The minimum absolute atomic E-state index is 0.0408. The Kier molecular flexibility index (Phi) is 4.71. The number of hydrogen-bond acceptors (Lipinski definition) is 3. The van der Waals surface area contributed by atoms with Gasteiger partial charge in [-0.25, -0.2) is 4.39 Å². The Morgan fingerprint density at radius 1 is 1.33 bits per heavy atom. The highest BCUT2D eigenvalue weighted by atomic mass is 19.1. The van der Waals surface area contributed by atoms with E-state index in [1.807, 2.05) is 13.8 Å². The second-order valence-corrected chi connectivity index (χ2v) is 5.16. The molecule has 1 aromatic carbocycles. The van der Waals surface area contributed by atoms with E-state index in [4.69, 9.17) is 4.74 Å². The van der Waals surface area contributed by atoms with Crippen LogP contribution < -0.4 is 4.74 Å². The normalized spacial score (nSPS) is 16.4. The van der Waals surface area contributed by atoms with Crippen molar-refractivity contribution in [2.75, 3.05) is 6.61 Å². The molecule has 1 rings (SSSR count). The summed E-state index contributed by atoms with van der Waals surface area (Å²) in [6.07, 6.45) is -0.849. The summed E-state index contributed by atoms with van der Waals surface area (Å²) in [4.78, 5) is 0. The average Bonchev–Trinajstić information content (AvgIpc) is 2.25. The Labute approximate surface area is 107 Å². The van der Waals surface area contributed by atoms with E-state index in [0.29, 0.717) is 5.75 Å². The molecule has 18 heavy (non-hydrogen) atoms. The third-order valence-electron chi connectivity index (χ3n) is 3.20. The van der Waals surface area contributed by atoms with Crippen LogP contribution >= 0.6 is 0 Å². The summed E-state index contributed by atoms with van der Waals surface area (Å²) < 4.78 is 19.0. The Balaban J connectivity index is 2.73. The van der Waals surface area contributed by atoms with Crippen LogP contribution in [0.25, 0.3) is 0 Å². The van der Waals surface area contributed by atoms with Gasteiger partial charge >= 0.3 is 0 Å². The topological polar surface area (TPSA) is 49.7 Å². The van der Waals surface area contributed by atoms with Gasteiger partial charge < -0.3 is 14.9 Å². The number of hydrogen-bond donors (Lipinski definition) is 2. The van der Waals surface area contributed by atoms with Gasteiger partial charge in [0.1, 0.15) is 18.2 Å². The molecule has 102 valence electrons. The Morgan fingerprint density at radius 3 is 2.39 bits per heavy atom. The van der Waals surface area contributed by atoms with Gasteiger partial charge in [0.15, 0.2) is 0 Å². The lowest BCUT2D eigenvalue weighted by molar-refractivity contribution is -0.0267. The number of halogens is 1. The number of aliphatic hydroxyl groups excluding tert-OH is 1. The molecule has 3 nitrogen and oxygen atoms in total. The molecule has 0 aliphatic carbocycles. The van der Waals surface area contributed by atoms with Crippen molar-refractivity contribution in [3.05, 3.63) is 29.6 Å². The maximum atomic E-state index is 13.6. The third-order valence-corrected chi connectivity index (χ3v) is 3.20. The molecule has 2 N–H and O–H groups in total. The first-order valence-corrected chi connectivity index (χ1v) is 6.06. The van der Waals surface area contributed by atoms with Crippen LogP contribution in [0.3, 0.4) is 0 Å². The van der Waals surface area contributed by atoms with Crippen LogP contribution in [-0.2, 0) is 0 Å². The summed E-state index contributed by atoms with van der Waals surface area (Å²) in [5.41, 5.74) is -0.725. The minimum atomic E-state index is -0.959. The highest BCUT2D eigenvalue weighted by molar-refractivity contribution is 5.30. The molecule has 0 saturated carbocycles. The summed E-state index contributed by atoms with van der Waals surface area (Å²) in [6, 6.07) is 4.29. The molecule has 0 spiro atoms. The van der Waals surface area contributed by atoms with Crippen LogP contribution in [0.15, 0.2) is 18.2 Å². The fraction of sp³-hybridized carbons (Fsp3) is 0.571. The van der Waals surface area contributed by atoms with E-state index in [9.17, 15) is 14.6 Å². The van der Waals surface area contributed by atoms with E-state index in [1.165, 1.54) is 19.1 Å². The quantitative estimate of drug-likeness (QED) is 0.851. The third kappa shape index (κ3) is 3.68. The molecular formula is C14H21FO3. The Morgan fingerprint density at radius 2 is 1.94 bits per heavy atom. The van der Waals surface area contributed by atoms with Crippen LogP contribution in [0.2, 0.25) is 0 Å². The van der Waals surface area contributed by atoms with Crippen molar-refractivity contribution in [1.29, 1.82) is 0 Å². The molecular weight excluding hydrogens is 235 g/mol. The molecule has 4 heteroatoms. The molecule has 0 aliphatic rings. The van der Waals surface area contributed by atoms with E-state index in [2.05, 4.69) is 0 Å². The second kappa shape index (κ2) is 5.67. The lowest BCUT2D eigenvalue weighted by Crippen LogP contribution is -2.37. The average molecular weight is 256 g/mol. The first-order valence-electron chi connectivity index (χ1n) is 6.06. The van der Waals surface area contributed by atoms with Gasteiger partial charge in [-0.1, -0.05) is 13.8 Å². The zero-order valence-corrected chi connectivity index (χ0v) is 11.3. The Hall–Kier alpha value is -1.13. The number of rotatable bonds is 5. The van der Waals surface area contributed by atoms with Crippen molar-refractivity contribution in [3.8, 4) is 5.75 Å². The molecule has 0 radical (unpaired) electrons. The second-order valence-electron chi connectivity index (χ2n) is 5.16. The van der Waals surface area contributed by atoms with Crippen LogP contribution in [0, 0.1) is 11.7 Å².